The normalized spacial score (nSPS) is 12.7. The smallest absolute Gasteiger partial charge is 0.408 e. The van der Waals surface area contributed by atoms with E-state index < -0.39 is 35.6 Å². The number of hydrogen-bond acceptors (Lipinski definition) is 6. The molecule has 0 aliphatic carbocycles. The lowest BCUT2D eigenvalue weighted by Gasteiger charge is -2.34. The minimum Gasteiger partial charge on any atom is -0.444 e. The van der Waals surface area contributed by atoms with Crippen LogP contribution in [0.2, 0.25) is 0 Å². The fourth-order valence-corrected chi connectivity index (χ4v) is 4.90. The average molecular weight is 578 g/mol. The van der Waals surface area contributed by atoms with E-state index in [0.29, 0.717) is 23.4 Å². The highest BCUT2D eigenvalue weighted by molar-refractivity contribution is 7.98. The fraction of sp³-hybridized carbons (Fsp3) is 0.344. The van der Waals surface area contributed by atoms with Gasteiger partial charge in [0.05, 0.1) is 6.61 Å². The lowest BCUT2D eigenvalue weighted by Crippen LogP contribution is -2.53. The number of carbonyl (C=O) groups is 3. The van der Waals surface area contributed by atoms with Crippen molar-refractivity contribution in [2.24, 2.45) is 0 Å². The van der Waals surface area contributed by atoms with E-state index in [2.05, 4.69) is 17.2 Å². The second-order valence-corrected chi connectivity index (χ2v) is 11.5. The van der Waals surface area contributed by atoms with Crippen LogP contribution in [0.25, 0.3) is 16.8 Å². The predicted octanol–water partition coefficient (Wildman–Crippen LogP) is 5.63. The molecule has 0 heterocycles. The number of rotatable bonds is 12. The summed E-state index contributed by atoms with van der Waals surface area (Å²) in [5.41, 5.74) is 1.13. The third-order valence-corrected chi connectivity index (χ3v) is 6.91. The number of alkyl carbamates (subject to hydrolysis) is 1. The molecule has 3 aromatic rings. The molecule has 3 aromatic carbocycles. The van der Waals surface area contributed by atoms with Crippen LogP contribution < -0.4 is 10.6 Å². The second-order valence-electron chi connectivity index (χ2n) is 10.6. The Morgan fingerprint density at radius 1 is 1.05 bits per heavy atom. The summed E-state index contributed by atoms with van der Waals surface area (Å²) in [6.45, 7) is 8.54. The first-order valence-corrected chi connectivity index (χ1v) is 14.9. The molecule has 2 atom stereocenters. The Hall–Kier alpha value is -3.82. The number of carbonyl (C=O) groups excluding carboxylic acids is 3. The first-order valence-electron chi connectivity index (χ1n) is 13.5. The summed E-state index contributed by atoms with van der Waals surface area (Å²) < 4.78 is 5.41. The van der Waals surface area contributed by atoms with Crippen molar-refractivity contribution >= 4 is 52.2 Å². The Kier molecular flexibility index (Phi) is 11.4. The Balaban J connectivity index is 2.01. The standard InChI is InChI=1S/C32H39N3O5S/c1-6-22-10-9-13-25(20-22)28(29(37)33-26-15-14-23-11-7-8-12-24(23)21-26)35(17-18-36)30(38)27(16-19-41-5)34-31(39)40-32(2,3)4/h6-15,20-21,27-28,36H,1,16-19H2,2-5H3,(H,33,37)(H,34,39). The number of thioether (sulfide) groups is 1. The quantitative estimate of drug-likeness (QED) is 0.258. The van der Waals surface area contributed by atoms with Crippen molar-refractivity contribution in [1.29, 1.82) is 0 Å². The molecule has 0 radical (unpaired) electrons. The summed E-state index contributed by atoms with van der Waals surface area (Å²) in [7, 11) is 0. The van der Waals surface area contributed by atoms with Gasteiger partial charge in [0.1, 0.15) is 17.7 Å². The van der Waals surface area contributed by atoms with Crippen molar-refractivity contribution in [3.63, 3.8) is 0 Å². The van der Waals surface area contributed by atoms with E-state index >= 15 is 0 Å². The first kappa shape index (κ1) is 31.7. The molecule has 0 saturated carbocycles. The Morgan fingerprint density at radius 3 is 2.44 bits per heavy atom. The molecule has 0 aromatic heterocycles. The van der Waals surface area contributed by atoms with Crippen LogP contribution in [0, 0.1) is 0 Å². The van der Waals surface area contributed by atoms with Crippen LogP contribution in [0.3, 0.4) is 0 Å². The van der Waals surface area contributed by atoms with E-state index in [1.54, 1.807) is 51.1 Å². The number of aliphatic hydroxyl groups is 1. The molecule has 0 aliphatic rings. The van der Waals surface area contributed by atoms with Gasteiger partial charge in [-0.2, -0.15) is 11.8 Å². The van der Waals surface area contributed by atoms with Gasteiger partial charge in [-0.15, -0.1) is 0 Å². The molecule has 2 unspecified atom stereocenters. The summed E-state index contributed by atoms with van der Waals surface area (Å²) in [5.74, 6) is -0.371. The molecule has 0 spiro atoms. The largest absolute Gasteiger partial charge is 0.444 e. The predicted molar refractivity (Wildman–Crippen MR) is 167 cm³/mol. The summed E-state index contributed by atoms with van der Waals surface area (Å²) >= 11 is 1.53. The number of hydrogen-bond donors (Lipinski definition) is 3. The van der Waals surface area contributed by atoms with Crippen molar-refractivity contribution < 1.29 is 24.2 Å². The van der Waals surface area contributed by atoms with E-state index in [1.165, 1.54) is 16.7 Å². The molecule has 3 amide bonds. The maximum absolute atomic E-state index is 14.1. The van der Waals surface area contributed by atoms with Gasteiger partial charge in [0.25, 0.3) is 5.91 Å². The van der Waals surface area contributed by atoms with Crippen molar-refractivity contribution in [2.75, 3.05) is 30.5 Å². The monoisotopic (exact) mass is 577 g/mol. The fourth-order valence-electron chi connectivity index (χ4n) is 4.42. The second kappa shape index (κ2) is 14.7. The molecule has 0 fully saturated rings. The van der Waals surface area contributed by atoms with Crippen LogP contribution in [0.5, 0.6) is 0 Å². The van der Waals surface area contributed by atoms with Crippen LogP contribution in [0.15, 0.2) is 73.3 Å². The SMILES string of the molecule is C=Cc1cccc(C(C(=O)Nc2ccc3ccccc3c2)N(CCO)C(=O)C(CCSC)NC(=O)OC(C)(C)C)c1. The summed E-state index contributed by atoms with van der Waals surface area (Å²) in [6.07, 6.45) is 3.14. The number of ether oxygens (including phenoxy) is 1. The molecule has 3 rings (SSSR count). The van der Waals surface area contributed by atoms with Crippen LogP contribution in [0.4, 0.5) is 10.5 Å². The van der Waals surface area contributed by atoms with Crippen molar-refractivity contribution in [3.05, 3.63) is 84.4 Å². The number of benzene rings is 3. The third kappa shape index (κ3) is 9.09. The molecule has 0 saturated heterocycles. The zero-order chi connectivity index (χ0) is 30.0. The number of nitrogens with one attached hydrogen (secondary N) is 2. The zero-order valence-corrected chi connectivity index (χ0v) is 24.9. The molecule has 8 nitrogen and oxygen atoms in total. The van der Waals surface area contributed by atoms with E-state index in [-0.39, 0.29) is 13.2 Å². The minimum absolute atomic E-state index is 0.126. The average Bonchev–Trinajstić information content (AvgIpc) is 2.93. The van der Waals surface area contributed by atoms with Crippen LogP contribution in [-0.4, -0.2) is 64.7 Å². The zero-order valence-electron chi connectivity index (χ0n) is 24.1. The van der Waals surface area contributed by atoms with Gasteiger partial charge in [-0.3, -0.25) is 9.59 Å². The molecule has 218 valence electrons. The molecule has 3 N–H and O–H groups in total. The van der Waals surface area contributed by atoms with Gasteiger partial charge in [0, 0.05) is 12.2 Å². The number of aliphatic hydroxyl groups excluding tert-OH is 1. The van der Waals surface area contributed by atoms with Gasteiger partial charge in [-0.05, 0) is 79.3 Å². The maximum Gasteiger partial charge on any atom is 0.408 e. The first-order chi connectivity index (χ1) is 19.6. The van der Waals surface area contributed by atoms with Gasteiger partial charge in [-0.1, -0.05) is 61.2 Å². The number of nitrogens with zero attached hydrogens (tertiary/aromatic N) is 1. The van der Waals surface area contributed by atoms with Gasteiger partial charge in [-0.25, -0.2) is 4.79 Å². The van der Waals surface area contributed by atoms with Gasteiger partial charge < -0.3 is 25.4 Å². The van der Waals surface area contributed by atoms with E-state index in [1.807, 2.05) is 48.7 Å². The molecular formula is C32H39N3O5S. The van der Waals surface area contributed by atoms with Crippen molar-refractivity contribution in [3.8, 4) is 0 Å². The Morgan fingerprint density at radius 2 is 1.78 bits per heavy atom. The van der Waals surface area contributed by atoms with Crippen molar-refractivity contribution in [2.45, 2.75) is 44.9 Å². The Labute approximate surface area is 246 Å². The summed E-state index contributed by atoms with van der Waals surface area (Å²) in [5, 5.41) is 17.6. The van der Waals surface area contributed by atoms with E-state index in [9.17, 15) is 19.5 Å². The van der Waals surface area contributed by atoms with E-state index in [4.69, 9.17) is 4.74 Å². The highest BCUT2D eigenvalue weighted by Gasteiger charge is 2.36. The van der Waals surface area contributed by atoms with Crippen molar-refractivity contribution in [1.82, 2.24) is 10.2 Å². The number of amides is 3. The lowest BCUT2D eigenvalue weighted by molar-refractivity contribution is -0.141. The number of fused-ring (bicyclic) bond motifs is 1. The van der Waals surface area contributed by atoms with Crippen LogP contribution in [-0.2, 0) is 14.3 Å². The molecule has 0 aliphatic heterocycles. The maximum atomic E-state index is 14.1. The number of anilines is 1. The summed E-state index contributed by atoms with van der Waals surface area (Å²) in [6, 6.07) is 18.5. The van der Waals surface area contributed by atoms with Gasteiger partial charge >= 0.3 is 6.09 Å². The lowest BCUT2D eigenvalue weighted by atomic mass is 9.99. The topological polar surface area (TPSA) is 108 Å². The molecular weight excluding hydrogens is 538 g/mol. The Bertz CT molecular complexity index is 1370. The van der Waals surface area contributed by atoms with Crippen LogP contribution in [0.1, 0.15) is 44.4 Å². The molecule has 0 bridgehead atoms. The van der Waals surface area contributed by atoms with Gasteiger partial charge in [0.2, 0.25) is 5.91 Å². The minimum atomic E-state index is -1.10. The highest BCUT2D eigenvalue weighted by Crippen LogP contribution is 2.27. The molecule has 41 heavy (non-hydrogen) atoms. The van der Waals surface area contributed by atoms with Crippen LogP contribution >= 0.6 is 11.8 Å². The third-order valence-electron chi connectivity index (χ3n) is 6.26. The highest BCUT2D eigenvalue weighted by atomic mass is 32.2. The summed E-state index contributed by atoms with van der Waals surface area (Å²) in [4.78, 5) is 42.1. The van der Waals surface area contributed by atoms with Gasteiger partial charge in [0.15, 0.2) is 0 Å². The van der Waals surface area contributed by atoms with E-state index in [0.717, 1.165) is 16.3 Å². The molecule has 9 heteroatoms.